The monoisotopic (exact) mass is 313 g/mol. The van der Waals surface area contributed by atoms with Gasteiger partial charge in [-0.2, -0.15) is 0 Å². The zero-order valence-electron chi connectivity index (χ0n) is 12.2. The van der Waals surface area contributed by atoms with Crippen molar-refractivity contribution in [2.24, 2.45) is 0 Å². The fourth-order valence-electron chi connectivity index (χ4n) is 2.50. The van der Waals surface area contributed by atoms with E-state index >= 15 is 0 Å². The molecule has 0 radical (unpaired) electrons. The Hall–Kier alpha value is -1.66. The van der Waals surface area contributed by atoms with E-state index in [1.807, 2.05) is 7.05 Å². The fourth-order valence-corrected chi connectivity index (χ4v) is 2.50. The maximum absolute atomic E-state index is 12.5. The minimum atomic E-state index is -0.469. The first kappa shape index (κ1) is 17.4. The summed E-state index contributed by atoms with van der Waals surface area (Å²) in [5.41, 5.74) is 1.17. The van der Waals surface area contributed by atoms with Gasteiger partial charge in [0.15, 0.2) is 0 Å². The molecule has 1 aliphatic heterocycles. The molecule has 1 aliphatic rings. The van der Waals surface area contributed by atoms with Gasteiger partial charge < -0.3 is 10.2 Å². The van der Waals surface area contributed by atoms with Gasteiger partial charge in [-0.3, -0.25) is 14.9 Å². The van der Waals surface area contributed by atoms with E-state index in [1.165, 1.54) is 12.1 Å². The van der Waals surface area contributed by atoms with Crippen LogP contribution in [0, 0.1) is 17.0 Å². The molecule has 116 valence electrons. The summed E-state index contributed by atoms with van der Waals surface area (Å²) in [5.74, 6) is -0.110. The SMILES string of the molecule is CNC1CCN(C(=O)c2cc([N+](=O)[O-])ccc2C)CC1.Cl. The summed E-state index contributed by atoms with van der Waals surface area (Å²) >= 11 is 0. The van der Waals surface area contributed by atoms with E-state index in [0.717, 1.165) is 18.4 Å². The number of hydrogen-bond acceptors (Lipinski definition) is 4. The molecule has 1 aromatic carbocycles. The van der Waals surface area contributed by atoms with Crippen LogP contribution in [-0.2, 0) is 0 Å². The number of amides is 1. The van der Waals surface area contributed by atoms with Crippen molar-refractivity contribution in [3.05, 3.63) is 39.4 Å². The topological polar surface area (TPSA) is 75.5 Å². The van der Waals surface area contributed by atoms with Crippen LogP contribution in [0.1, 0.15) is 28.8 Å². The van der Waals surface area contributed by atoms with Crippen LogP contribution < -0.4 is 5.32 Å². The number of halogens is 1. The van der Waals surface area contributed by atoms with E-state index < -0.39 is 4.92 Å². The van der Waals surface area contributed by atoms with Gasteiger partial charge in [0.2, 0.25) is 0 Å². The first-order valence-corrected chi connectivity index (χ1v) is 6.74. The van der Waals surface area contributed by atoms with E-state index in [9.17, 15) is 14.9 Å². The summed E-state index contributed by atoms with van der Waals surface area (Å²) in [4.78, 5) is 24.6. The highest BCUT2D eigenvalue weighted by Gasteiger charge is 2.24. The van der Waals surface area contributed by atoms with Gasteiger partial charge in [-0.1, -0.05) is 6.07 Å². The van der Waals surface area contributed by atoms with E-state index in [0.29, 0.717) is 24.7 Å². The zero-order chi connectivity index (χ0) is 14.7. The number of carbonyl (C=O) groups excluding carboxylic acids is 1. The summed E-state index contributed by atoms with van der Waals surface area (Å²) in [6.07, 6.45) is 1.83. The van der Waals surface area contributed by atoms with Crippen molar-refractivity contribution >= 4 is 24.0 Å². The second kappa shape index (κ2) is 7.38. The Labute approximate surface area is 130 Å². The van der Waals surface area contributed by atoms with Gasteiger partial charge in [0.05, 0.1) is 4.92 Å². The number of hydrogen-bond donors (Lipinski definition) is 1. The predicted molar refractivity (Wildman–Crippen MR) is 83.1 cm³/mol. The first-order chi connectivity index (χ1) is 9.52. The summed E-state index contributed by atoms with van der Waals surface area (Å²) < 4.78 is 0. The van der Waals surface area contributed by atoms with Gasteiger partial charge in [0.25, 0.3) is 11.6 Å². The lowest BCUT2D eigenvalue weighted by atomic mass is 10.0. The minimum Gasteiger partial charge on any atom is -0.339 e. The zero-order valence-corrected chi connectivity index (χ0v) is 13.0. The molecule has 1 aromatic rings. The van der Waals surface area contributed by atoms with Crippen molar-refractivity contribution in [3.63, 3.8) is 0 Å². The average Bonchev–Trinajstić information content (AvgIpc) is 2.47. The second-order valence-electron chi connectivity index (χ2n) is 5.11. The number of nitrogens with zero attached hydrogens (tertiary/aromatic N) is 2. The number of nitro benzene ring substituents is 1. The Morgan fingerprint density at radius 1 is 1.38 bits per heavy atom. The van der Waals surface area contributed by atoms with Crippen LogP contribution in [0.2, 0.25) is 0 Å². The van der Waals surface area contributed by atoms with Crippen LogP contribution in [0.4, 0.5) is 5.69 Å². The van der Waals surface area contributed by atoms with E-state index in [1.54, 1.807) is 17.9 Å². The Morgan fingerprint density at radius 3 is 2.52 bits per heavy atom. The van der Waals surface area contributed by atoms with Crippen LogP contribution in [0.3, 0.4) is 0 Å². The molecule has 0 unspecified atom stereocenters. The second-order valence-corrected chi connectivity index (χ2v) is 5.11. The number of benzene rings is 1. The van der Waals surface area contributed by atoms with Crippen molar-refractivity contribution in [2.45, 2.75) is 25.8 Å². The molecule has 0 spiro atoms. The van der Waals surface area contributed by atoms with Crippen molar-refractivity contribution in [1.82, 2.24) is 10.2 Å². The predicted octanol–water partition coefficient (Wildman–Crippen LogP) is 2.15. The standard InChI is InChI=1S/C14H19N3O3.ClH/c1-10-3-4-12(17(19)20)9-13(10)14(18)16-7-5-11(15-2)6-8-16;/h3-4,9,11,15H,5-8H2,1-2H3;1H. The number of aryl methyl sites for hydroxylation is 1. The van der Waals surface area contributed by atoms with Gasteiger partial charge in [-0.25, -0.2) is 0 Å². The van der Waals surface area contributed by atoms with Crippen LogP contribution >= 0.6 is 12.4 Å². The molecule has 0 atom stereocenters. The summed E-state index contributed by atoms with van der Waals surface area (Å²) in [5, 5.41) is 14.0. The average molecular weight is 314 g/mol. The number of nitrogens with one attached hydrogen (secondary N) is 1. The highest BCUT2D eigenvalue weighted by Crippen LogP contribution is 2.21. The number of carbonyl (C=O) groups is 1. The highest BCUT2D eigenvalue weighted by molar-refractivity contribution is 5.96. The van der Waals surface area contributed by atoms with E-state index in [4.69, 9.17) is 0 Å². The summed E-state index contributed by atoms with van der Waals surface area (Å²) in [6, 6.07) is 4.89. The molecular weight excluding hydrogens is 294 g/mol. The van der Waals surface area contributed by atoms with Crippen molar-refractivity contribution in [3.8, 4) is 0 Å². The van der Waals surface area contributed by atoms with E-state index in [2.05, 4.69) is 5.32 Å². The smallest absolute Gasteiger partial charge is 0.270 e. The highest BCUT2D eigenvalue weighted by atomic mass is 35.5. The van der Waals surface area contributed by atoms with Crippen LogP contribution in [0.5, 0.6) is 0 Å². The maximum atomic E-state index is 12.5. The third-order valence-electron chi connectivity index (χ3n) is 3.85. The molecule has 21 heavy (non-hydrogen) atoms. The lowest BCUT2D eigenvalue weighted by molar-refractivity contribution is -0.384. The largest absolute Gasteiger partial charge is 0.339 e. The number of non-ortho nitro benzene ring substituents is 1. The molecule has 6 nitrogen and oxygen atoms in total. The molecule has 2 rings (SSSR count). The quantitative estimate of drug-likeness (QED) is 0.685. The Balaban J connectivity index is 0.00000220. The molecule has 0 aromatic heterocycles. The van der Waals surface area contributed by atoms with Crippen LogP contribution in [0.15, 0.2) is 18.2 Å². The third kappa shape index (κ3) is 3.92. The molecule has 0 bridgehead atoms. The Kier molecular flexibility index (Phi) is 6.11. The number of rotatable bonds is 3. The Morgan fingerprint density at radius 2 is 2.00 bits per heavy atom. The molecule has 0 saturated carbocycles. The van der Waals surface area contributed by atoms with Gasteiger partial charge in [0, 0.05) is 36.8 Å². The molecular formula is C14H20ClN3O3. The number of piperidine rings is 1. The third-order valence-corrected chi connectivity index (χ3v) is 3.85. The molecule has 1 N–H and O–H groups in total. The lowest BCUT2D eigenvalue weighted by Gasteiger charge is -2.32. The summed E-state index contributed by atoms with van der Waals surface area (Å²) in [7, 11) is 1.92. The number of nitro groups is 1. The van der Waals surface area contributed by atoms with Gasteiger partial charge in [0.1, 0.15) is 0 Å². The van der Waals surface area contributed by atoms with E-state index in [-0.39, 0.29) is 24.0 Å². The normalized spacial score (nSPS) is 15.4. The van der Waals surface area contributed by atoms with Gasteiger partial charge >= 0.3 is 0 Å². The van der Waals surface area contributed by atoms with Gasteiger partial charge in [-0.15, -0.1) is 12.4 Å². The van der Waals surface area contributed by atoms with Crippen molar-refractivity contribution in [1.29, 1.82) is 0 Å². The van der Waals surface area contributed by atoms with Crippen molar-refractivity contribution < 1.29 is 9.72 Å². The molecule has 7 heteroatoms. The minimum absolute atomic E-state index is 0. The maximum Gasteiger partial charge on any atom is 0.270 e. The molecule has 1 fully saturated rings. The van der Waals surface area contributed by atoms with Crippen LogP contribution in [-0.4, -0.2) is 41.9 Å². The molecule has 1 saturated heterocycles. The molecule has 1 amide bonds. The summed E-state index contributed by atoms with van der Waals surface area (Å²) in [6.45, 7) is 3.18. The Bertz CT molecular complexity index is 528. The first-order valence-electron chi connectivity index (χ1n) is 6.74. The number of likely N-dealkylation sites (tertiary alicyclic amines) is 1. The van der Waals surface area contributed by atoms with Crippen molar-refractivity contribution in [2.75, 3.05) is 20.1 Å². The lowest BCUT2D eigenvalue weighted by Crippen LogP contribution is -2.44. The molecule has 0 aliphatic carbocycles. The fraction of sp³-hybridized carbons (Fsp3) is 0.500. The van der Waals surface area contributed by atoms with Crippen LogP contribution in [0.25, 0.3) is 0 Å². The molecule has 1 heterocycles. The van der Waals surface area contributed by atoms with Gasteiger partial charge in [-0.05, 0) is 32.4 Å².